The average Bonchev–Trinajstić information content (AvgIpc) is 2.42. The van der Waals surface area contributed by atoms with Crippen LogP contribution >= 0.6 is 0 Å². The number of unbranched alkanes of at least 4 members (excludes halogenated alkanes) is 6. The van der Waals surface area contributed by atoms with Crippen LogP contribution in [-0.4, -0.2) is 25.2 Å². The highest BCUT2D eigenvalue weighted by molar-refractivity contribution is 5.75. The van der Waals surface area contributed by atoms with Crippen molar-refractivity contribution in [2.24, 2.45) is 5.41 Å². The molecule has 0 aromatic heterocycles. The zero-order valence-corrected chi connectivity index (χ0v) is 14.7. The van der Waals surface area contributed by atoms with Gasteiger partial charge < -0.3 is 9.47 Å². The lowest BCUT2D eigenvalue weighted by Crippen LogP contribution is -2.22. The fraction of sp³-hybridized carbons (Fsp3) is 0.778. The van der Waals surface area contributed by atoms with Crippen LogP contribution in [0.2, 0.25) is 0 Å². The molecular weight excluding hydrogens is 280 g/mol. The number of allylic oxidation sites excluding steroid dienone is 1. The Morgan fingerprint density at radius 2 is 1.45 bits per heavy atom. The standard InChI is InChI=1S/C18H32O4/c1-16(19)21-14-12-10-8-6-5-7-9-11-13-15-22-17(20)18(2,3)4/h11,13H,5-10,12,14-15H2,1-4H3/b13-11+. The van der Waals surface area contributed by atoms with E-state index < -0.39 is 5.41 Å². The molecule has 4 heteroatoms. The number of carbonyl (C=O) groups is 2. The van der Waals surface area contributed by atoms with E-state index in [0.717, 1.165) is 25.7 Å². The van der Waals surface area contributed by atoms with Crippen LogP contribution in [0, 0.1) is 5.41 Å². The van der Waals surface area contributed by atoms with Crippen LogP contribution in [0.5, 0.6) is 0 Å². The third kappa shape index (κ3) is 13.7. The number of ether oxygens (including phenoxy) is 2. The second kappa shape index (κ2) is 12.2. The molecule has 4 nitrogen and oxygen atoms in total. The molecule has 0 fully saturated rings. The van der Waals surface area contributed by atoms with Gasteiger partial charge in [0.15, 0.2) is 0 Å². The van der Waals surface area contributed by atoms with Gasteiger partial charge in [0.2, 0.25) is 0 Å². The molecule has 0 aromatic carbocycles. The number of esters is 2. The molecule has 0 aliphatic heterocycles. The maximum Gasteiger partial charge on any atom is 0.311 e. The predicted octanol–water partition coefficient (Wildman–Crippen LogP) is 4.43. The number of carbonyl (C=O) groups excluding carboxylic acids is 2. The third-order valence-electron chi connectivity index (χ3n) is 3.16. The quantitative estimate of drug-likeness (QED) is 0.322. The normalized spacial score (nSPS) is 11.6. The summed E-state index contributed by atoms with van der Waals surface area (Å²) in [6.07, 6.45) is 11.9. The zero-order valence-electron chi connectivity index (χ0n) is 14.7. The highest BCUT2D eigenvalue weighted by Gasteiger charge is 2.22. The van der Waals surface area contributed by atoms with Crippen molar-refractivity contribution in [3.05, 3.63) is 12.2 Å². The molecule has 0 unspecified atom stereocenters. The molecule has 0 N–H and O–H groups in total. The molecule has 0 heterocycles. The molecular formula is C18H32O4. The van der Waals surface area contributed by atoms with E-state index in [2.05, 4.69) is 6.08 Å². The lowest BCUT2D eigenvalue weighted by Gasteiger charge is -2.15. The van der Waals surface area contributed by atoms with E-state index in [1.54, 1.807) is 0 Å². The second-order valence-corrected chi connectivity index (χ2v) is 6.57. The van der Waals surface area contributed by atoms with Crippen molar-refractivity contribution in [2.45, 2.75) is 72.6 Å². The van der Waals surface area contributed by atoms with Gasteiger partial charge in [0.05, 0.1) is 12.0 Å². The summed E-state index contributed by atoms with van der Waals surface area (Å²) in [6.45, 7) is 7.91. The first-order valence-electron chi connectivity index (χ1n) is 8.29. The van der Waals surface area contributed by atoms with Crippen molar-refractivity contribution < 1.29 is 19.1 Å². The van der Waals surface area contributed by atoms with Crippen molar-refractivity contribution in [1.29, 1.82) is 0 Å². The van der Waals surface area contributed by atoms with Crippen molar-refractivity contribution in [3.63, 3.8) is 0 Å². The number of hydrogen-bond acceptors (Lipinski definition) is 4. The van der Waals surface area contributed by atoms with Gasteiger partial charge in [0, 0.05) is 6.92 Å². The Labute approximate surface area is 135 Å². The smallest absolute Gasteiger partial charge is 0.311 e. The van der Waals surface area contributed by atoms with E-state index in [1.807, 2.05) is 26.8 Å². The third-order valence-corrected chi connectivity index (χ3v) is 3.16. The summed E-state index contributed by atoms with van der Waals surface area (Å²) in [5.74, 6) is -0.356. The van der Waals surface area contributed by atoms with Crippen LogP contribution in [0.4, 0.5) is 0 Å². The SMILES string of the molecule is CC(=O)OCCCCCCCC/C=C/COC(=O)C(C)(C)C. The minimum atomic E-state index is -0.427. The van der Waals surface area contributed by atoms with Crippen molar-refractivity contribution in [1.82, 2.24) is 0 Å². The van der Waals surface area contributed by atoms with Crippen molar-refractivity contribution in [3.8, 4) is 0 Å². The highest BCUT2D eigenvalue weighted by Crippen LogP contribution is 2.14. The van der Waals surface area contributed by atoms with Gasteiger partial charge >= 0.3 is 11.9 Å². The van der Waals surface area contributed by atoms with Gasteiger partial charge in [-0.15, -0.1) is 0 Å². The van der Waals surface area contributed by atoms with Gasteiger partial charge in [-0.1, -0.05) is 37.8 Å². The van der Waals surface area contributed by atoms with Gasteiger partial charge in [-0.25, -0.2) is 0 Å². The van der Waals surface area contributed by atoms with Crippen LogP contribution in [-0.2, 0) is 19.1 Å². The van der Waals surface area contributed by atoms with Crippen LogP contribution in [0.15, 0.2) is 12.2 Å². The van der Waals surface area contributed by atoms with Gasteiger partial charge in [-0.05, 0) is 40.0 Å². The minimum absolute atomic E-state index is 0.161. The average molecular weight is 312 g/mol. The van der Waals surface area contributed by atoms with E-state index in [0.29, 0.717) is 13.2 Å². The van der Waals surface area contributed by atoms with Crippen LogP contribution in [0.3, 0.4) is 0 Å². The maximum absolute atomic E-state index is 11.5. The van der Waals surface area contributed by atoms with Crippen molar-refractivity contribution in [2.75, 3.05) is 13.2 Å². The molecule has 0 spiro atoms. The zero-order chi connectivity index (χ0) is 16.8. The second-order valence-electron chi connectivity index (χ2n) is 6.57. The van der Waals surface area contributed by atoms with E-state index in [1.165, 1.54) is 26.2 Å². The Morgan fingerprint density at radius 3 is 2.05 bits per heavy atom. The lowest BCUT2D eigenvalue weighted by molar-refractivity contribution is -0.151. The Morgan fingerprint density at radius 1 is 0.864 bits per heavy atom. The first-order chi connectivity index (χ1) is 10.3. The van der Waals surface area contributed by atoms with E-state index in [4.69, 9.17) is 9.47 Å². The van der Waals surface area contributed by atoms with E-state index in [-0.39, 0.29) is 11.9 Å². The van der Waals surface area contributed by atoms with Gasteiger partial charge in [0.1, 0.15) is 6.61 Å². The molecule has 0 saturated carbocycles. The number of rotatable bonds is 11. The predicted molar refractivity (Wildman–Crippen MR) is 88.5 cm³/mol. The fourth-order valence-corrected chi connectivity index (χ4v) is 1.81. The summed E-state index contributed by atoms with van der Waals surface area (Å²) < 4.78 is 10.0. The topological polar surface area (TPSA) is 52.6 Å². The number of hydrogen-bond donors (Lipinski definition) is 0. The van der Waals surface area contributed by atoms with Gasteiger partial charge in [-0.2, -0.15) is 0 Å². The molecule has 0 aliphatic carbocycles. The van der Waals surface area contributed by atoms with Crippen LogP contribution < -0.4 is 0 Å². The Kier molecular flexibility index (Phi) is 11.5. The Bertz CT molecular complexity index is 339. The Hall–Kier alpha value is -1.32. The van der Waals surface area contributed by atoms with E-state index in [9.17, 15) is 9.59 Å². The van der Waals surface area contributed by atoms with E-state index >= 15 is 0 Å². The molecule has 0 radical (unpaired) electrons. The fourth-order valence-electron chi connectivity index (χ4n) is 1.81. The molecule has 0 amide bonds. The van der Waals surface area contributed by atoms with Gasteiger partial charge in [-0.3, -0.25) is 9.59 Å². The largest absolute Gasteiger partial charge is 0.466 e. The summed E-state index contributed by atoms with van der Waals surface area (Å²) in [5.41, 5.74) is -0.427. The molecule has 0 saturated heterocycles. The highest BCUT2D eigenvalue weighted by atomic mass is 16.5. The molecule has 0 bridgehead atoms. The van der Waals surface area contributed by atoms with Crippen molar-refractivity contribution >= 4 is 11.9 Å². The maximum atomic E-state index is 11.5. The van der Waals surface area contributed by atoms with Crippen LogP contribution in [0.1, 0.15) is 72.6 Å². The first-order valence-corrected chi connectivity index (χ1v) is 8.29. The molecule has 128 valence electrons. The molecule has 0 rings (SSSR count). The van der Waals surface area contributed by atoms with Crippen LogP contribution in [0.25, 0.3) is 0 Å². The lowest BCUT2D eigenvalue weighted by atomic mass is 9.97. The molecule has 0 aromatic rings. The Balaban J connectivity index is 3.31. The summed E-state index contributed by atoms with van der Waals surface area (Å²) >= 11 is 0. The van der Waals surface area contributed by atoms with Gasteiger partial charge in [0.25, 0.3) is 0 Å². The summed E-state index contributed by atoms with van der Waals surface area (Å²) in [7, 11) is 0. The monoisotopic (exact) mass is 312 g/mol. The molecule has 0 aliphatic rings. The summed E-state index contributed by atoms with van der Waals surface area (Å²) in [6, 6.07) is 0. The summed E-state index contributed by atoms with van der Waals surface area (Å²) in [4.78, 5) is 22.1. The molecule has 0 atom stereocenters. The first kappa shape index (κ1) is 20.7. The minimum Gasteiger partial charge on any atom is -0.466 e. The molecule has 22 heavy (non-hydrogen) atoms. The summed E-state index contributed by atoms with van der Waals surface area (Å²) in [5, 5.41) is 0.